The van der Waals surface area contributed by atoms with Gasteiger partial charge in [-0.25, -0.2) is 9.98 Å². The Morgan fingerprint density at radius 3 is 1.94 bits per heavy atom. The molecule has 4 nitrogen and oxygen atoms in total. The third-order valence-corrected chi connectivity index (χ3v) is 10.8. The maximum atomic E-state index is 5.32. The minimum Gasteiger partial charge on any atom is -0.344 e. The summed E-state index contributed by atoms with van der Waals surface area (Å²) in [6, 6.07) is 60.1. The summed E-state index contributed by atoms with van der Waals surface area (Å²) in [6.07, 6.45) is -0.371. The Bertz CT molecular complexity index is 2770. The van der Waals surface area contributed by atoms with Gasteiger partial charge in [0.25, 0.3) is 0 Å². The number of rotatable bonds is 5. The van der Waals surface area contributed by atoms with Crippen LogP contribution in [0, 0.1) is 0 Å². The predicted octanol–water partition coefficient (Wildman–Crippen LogP) is 11.3. The number of hydrogen-bond acceptors (Lipinski definition) is 4. The van der Waals surface area contributed by atoms with Gasteiger partial charge in [-0.2, -0.15) is 0 Å². The number of nitrogens with one attached hydrogen (secondary N) is 1. The van der Waals surface area contributed by atoms with Gasteiger partial charge in [-0.15, -0.1) is 11.3 Å². The lowest BCUT2D eigenvalue weighted by Gasteiger charge is -2.26. The molecule has 10 rings (SSSR count). The number of benzene rings is 7. The summed E-state index contributed by atoms with van der Waals surface area (Å²) in [5.74, 6) is 1.51. The van der Waals surface area contributed by atoms with Gasteiger partial charge in [-0.1, -0.05) is 140 Å². The van der Waals surface area contributed by atoms with E-state index < -0.39 is 0 Å². The molecule has 9 aromatic rings. The standard InChI is InChI=1S/C45H30N4S/c1-3-13-29(14-4-1)30-23-25-32(26-24-30)44-46-43(31-15-5-2-6-16-31)47-45(48-44)34-18-8-11-21-37(34)49-36-20-10-7-17-33(36)41-38(49)27-28-40-42(41)35-19-9-12-22-39(35)50-40/h1-28,45H,(H,46,47,48). The molecule has 0 saturated carbocycles. The van der Waals surface area contributed by atoms with Gasteiger partial charge in [-0.3, -0.25) is 0 Å². The van der Waals surface area contributed by atoms with Gasteiger partial charge in [-0.05, 0) is 41.5 Å². The summed E-state index contributed by atoms with van der Waals surface area (Å²) in [5.41, 5.74) is 8.87. The topological polar surface area (TPSA) is 41.7 Å². The van der Waals surface area contributed by atoms with Gasteiger partial charge in [0.1, 0.15) is 12.0 Å². The van der Waals surface area contributed by atoms with Crippen molar-refractivity contribution in [1.29, 1.82) is 0 Å². The molecule has 1 aliphatic rings. The van der Waals surface area contributed by atoms with E-state index in [2.05, 4.69) is 168 Å². The Kier molecular flexibility index (Phi) is 6.71. The summed E-state index contributed by atoms with van der Waals surface area (Å²) < 4.78 is 5.04. The fraction of sp³-hybridized carbons (Fsp3) is 0.0222. The maximum absolute atomic E-state index is 5.32. The molecule has 0 bridgehead atoms. The van der Waals surface area contributed by atoms with E-state index in [4.69, 9.17) is 9.98 Å². The van der Waals surface area contributed by atoms with Crippen LogP contribution in [-0.2, 0) is 0 Å². The van der Waals surface area contributed by atoms with Gasteiger partial charge < -0.3 is 9.88 Å². The molecule has 50 heavy (non-hydrogen) atoms. The fourth-order valence-corrected chi connectivity index (χ4v) is 8.49. The number of aromatic nitrogens is 1. The van der Waals surface area contributed by atoms with Crippen LogP contribution in [0.5, 0.6) is 0 Å². The van der Waals surface area contributed by atoms with Crippen molar-refractivity contribution in [3.05, 3.63) is 187 Å². The second-order valence-electron chi connectivity index (χ2n) is 12.6. The molecule has 0 aliphatic carbocycles. The van der Waals surface area contributed by atoms with Crippen molar-refractivity contribution in [1.82, 2.24) is 9.88 Å². The van der Waals surface area contributed by atoms with E-state index >= 15 is 0 Å². The molecule has 1 N–H and O–H groups in total. The average Bonchev–Trinajstić information content (AvgIpc) is 3.74. The first-order valence-electron chi connectivity index (χ1n) is 16.9. The monoisotopic (exact) mass is 658 g/mol. The van der Waals surface area contributed by atoms with Gasteiger partial charge >= 0.3 is 0 Å². The summed E-state index contributed by atoms with van der Waals surface area (Å²) in [5, 5.41) is 8.89. The van der Waals surface area contributed by atoms with Gasteiger partial charge in [0.05, 0.1) is 16.7 Å². The first-order valence-corrected chi connectivity index (χ1v) is 17.7. The molecule has 0 saturated heterocycles. The van der Waals surface area contributed by atoms with E-state index in [9.17, 15) is 0 Å². The van der Waals surface area contributed by atoms with E-state index in [0.717, 1.165) is 33.8 Å². The lowest BCUT2D eigenvalue weighted by Crippen LogP contribution is -2.34. The SMILES string of the molecule is c1ccc(C2=NC(c3ccc(-c4ccccc4)cc3)=NC(c3ccccc3-n3c4ccccc4c4c5c(ccc43)sc3ccccc35)N2)cc1. The summed E-state index contributed by atoms with van der Waals surface area (Å²) in [6.45, 7) is 0. The number of para-hydroxylation sites is 2. The number of thiophene rings is 1. The molecule has 0 spiro atoms. The molecule has 3 heterocycles. The number of nitrogens with zero attached hydrogens (tertiary/aromatic N) is 3. The van der Waals surface area contributed by atoms with Crippen LogP contribution in [0.2, 0.25) is 0 Å². The Hall–Kier alpha value is -6.30. The molecule has 0 amide bonds. The van der Waals surface area contributed by atoms with Crippen LogP contribution in [0.15, 0.2) is 180 Å². The first kappa shape index (κ1) is 28.7. The molecule has 0 radical (unpaired) electrons. The van der Waals surface area contributed by atoms with Crippen LogP contribution >= 0.6 is 11.3 Å². The highest BCUT2D eigenvalue weighted by atomic mass is 32.1. The molecule has 0 fully saturated rings. The van der Waals surface area contributed by atoms with E-state index in [0.29, 0.717) is 5.84 Å². The van der Waals surface area contributed by atoms with Crippen molar-refractivity contribution in [2.45, 2.75) is 6.17 Å². The Balaban J connectivity index is 1.16. The predicted molar refractivity (Wildman–Crippen MR) is 211 cm³/mol. The second kappa shape index (κ2) is 11.7. The lowest BCUT2D eigenvalue weighted by molar-refractivity contribution is 0.670. The van der Waals surface area contributed by atoms with Crippen molar-refractivity contribution in [2.75, 3.05) is 0 Å². The quantitative estimate of drug-likeness (QED) is 0.196. The highest BCUT2D eigenvalue weighted by Gasteiger charge is 2.25. The first-order chi connectivity index (χ1) is 24.8. The van der Waals surface area contributed by atoms with Crippen LogP contribution in [0.1, 0.15) is 22.9 Å². The number of amidine groups is 2. The molecular weight excluding hydrogens is 629 g/mol. The lowest BCUT2D eigenvalue weighted by atomic mass is 10.0. The minimum atomic E-state index is -0.371. The molecule has 7 aromatic carbocycles. The van der Waals surface area contributed by atoms with E-state index in [1.54, 1.807) is 0 Å². The molecule has 236 valence electrons. The van der Waals surface area contributed by atoms with Crippen LogP contribution in [0.25, 0.3) is 58.8 Å². The van der Waals surface area contributed by atoms with E-state index in [-0.39, 0.29) is 6.17 Å². The third-order valence-electron chi connectivity index (χ3n) is 9.69. The van der Waals surface area contributed by atoms with Gasteiger partial charge in [0, 0.05) is 47.6 Å². The van der Waals surface area contributed by atoms with Crippen molar-refractivity contribution >= 4 is 65.0 Å². The third kappa shape index (κ3) is 4.66. The Morgan fingerprint density at radius 1 is 0.480 bits per heavy atom. The van der Waals surface area contributed by atoms with Crippen LogP contribution < -0.4 is 5.32 Å². The van der Waals surface area contributed by atoms with Crippen LogP contribution in [0.3, 0.4) is 0 Å². The zero-order chi connectivity index (χ0) is 33.0. The maximum Gasteiger partial charge on any atom is 0.159 e. The summed E-state index contributed by atoms with van der Waals surface area (Å²) in [7, 11) is 0. The smallest absolute Gasteiger partial charge is 0.159 e. The summed E-state index contributed by atoms with van der Waals surface area (Å²) >= 11 is 1.86. The fourth-order valence-electron chi connectivity index (χ4n) is 7.38. The molecule has 1 unspecified atom stereocenters. The van der Waals surface area contributed by atoms with Crippen molar-refractivity contribution < 1.29 is 0 Å². The highest BCUT2D eigenvalue weighted by molar-refractivity contribution is 7.26. The zero-order valence-corrected chi connectivity index (χ0v) is 27.8. The largest absolute Gasteiger partial charge is 0.344 e. The highest BCUT2D eigenvalue weighted by Crippen LogP contribution is 2.44. The van der Waals surface area contributed by atoms with Crippen LogP contribution in [0.4, 0.5) is 0 Å². The molecule has 5 heteroatoms. The number of aliphatic imine (C=N–C) groups is 2. The van der Waals surface area contributed by atoms with Gasteiger partial charge in [0.15, 0.2) is 5.84 Å². The van der Waals surface area contributed by atoms with E-state index in [1.807, 2.05) is 23.5 Å². The van der Waals surface area contributed by atoms with Gasteiger partial charge in [0.2, 0.25) is 0 Å². The zero-order valence-electron chi connectivity index (χ0n) is 27.0. The van der Waals surface area contributed by atoms with Crippen LogP contribution in [-0.4, -0.2) is 16.2 Å². The minimum absolute atomic E-state index is 0.371. The Labute approximate surface area is 293 Å². The average molecular weight is 659 g/mol. The van der Waals surface area contributed by atoms with Crippen molar-refractivity contribution in [3.8, 4) is 16.8 Å². The van der Waals surface area contributed by atoms with E-state index in [1.165, 1.54) is 47.5 Å². The molecule has 1 atom stereocenters. The van der Waals surface area contributed by atoms with Crippen molar-refractivity contribution in [3.63, 3.8) is 0 Å². The second-order valence-corrected chi connectivity index (χ2v) is 13.7. The van der Waals surface area contributed by atoms with Crippen molar-refractivity contribution in [2.24, 2.45) is 9.98 Å². The molecule has 2 aromatic heterocycles. The Morgan fingerprint density at radius 2 is 1.12 bits per heavy atom. The summed E-state index contributed by atoms with van der Waals surface area (Å²) in [4.78, 5) is 10.4. The number of fused-ring (bicyclic) bond motifs is 7. The molecule has 1 aliphatic heterocycles. The molecular formula is C45H30N4S. The number of hydrogen-bond donors (Lipinski definition) is 1. The normalized spacial score (nSPS) is 14.6.